The first kappa shape index (κ1) is 13.8. The van der Waals surface area contributed by atoms with Crippen molar-refractivity contribution >= 4 is 0 Å². The first-order chi connectivity index (χ1) is 10.3. The summed E-state index contributed by atoms with van der Waals surface area (Å²) in [6, 6.07) is 10.4. The van der Waals surface area contributed by atoms with Crippen molar-refractivity contribution in [1.82, 2.24) is 5.32 Å². The molecule has 2 saturated carbocycles. The molecule has 4 rings (SSSR count). The summed E-state index contributed by atoms with van der Waals surface area (Å²) < 4.78 is 0. The highest BCUT2D eigenvalue weighted by Crippen LogP contribution is 2.40. The van der Waals surface area contributed by atoms with Crippen molar-refractivity contribution in [1.29, 1.82) is 0 Å². The van der Waals surface area contributed by atoms with E-state index in [2.05, 4.69) is 29.6 Å². The van der Waals surface area contributed by atoms with Gasteiger partial charge in [0.2, 0.25) is 0 Å². The summed E-state index contributed by atoms with van der Waals surface area (Å²) in [5.41, 5.74) is 3.19. The van der Waals surface area contributed by atoms with Gasteiger partial charge in [0.05, 0.1) is 6.10 Å². The maximum atomic E-state index is 9.68. The molecule has 1 aromatic rings. The van der Waals surface area contributed by atoms with Crippen molar-refractivity contribution in [2.45, 2.75) is 69.6 Å². The largest absolute Gasteiger partial charge is 0.393 e. The predicted octanol–water partition coefficient (Wildman–Crippen LogP) is 3.07. The Morgan fingerprint density at radius 1 is 0.810 bits per heavy atom. The molecule has 2 atom stereocenters. The van der Waals surface area contributed by atoms with Crippen LogP contribution in [0, 0.1) is 11.8 Å². The Bertz CT molecular complexity index is 459. The number of aliphatic hydroxyl groups is 1. The molecule has 3 aliphatic rings. The van der Waals surface area contributed by atoms with Crippen LogP contribution in [-0.2, 0) is 12.8 Å². The van der Waals surface area contributed by atoms with Gasteiger partial charge in [-0.25, -0.2) is 0 Å². The SMILES string of the molecule is OC1CCC(NC2C3CCC2Cc2ccccc2C3)CC1. The maximum Gasteiger partial charge on any atom is 0.0541 e. The molecule has 21 heavy (non-hydrogen) atoms. The van der Waals surface area contributed by atoms with Gasteiger partial charge in [0.25, 0.3) is 0 Å². The van der Waals surface area contributed by atoms with Crippen LogP contribution in [0.2, 0.25) is 0 Å². The second-order valence-corrected chi connectivity index (χ2v) is 7.47. The van der Waals surface area contributed by atoms with Gasteiger partial charge in [0, 0.05) is 12.1 Å². The van der Waals surface area contributed by atoms with E-state index >= 15 is 0 Å². The molecule has 2 nitrogen and oxygen atoms in total. The predicted molar refractivity (Wildman–Crippen MR) is 85.3 cm³/mol. The average molecular weight is 285 g/mol. The van der Waals surface area contributed by atoms with Crippen molar-refractivity contribution in [2.24, 2.45) is 11.8 Å². The zero-order valence-electron chi connectivity index (χ0n) is 12.8. The van der Waals surface area contributed by atoms with Gasteiger partial charge in [-0.05, 0) is 74.3 Å². The van der Waals surface area contributed by atoms with Crippen molar-refractivity contribution in [3.8, 4) is 0 Å². The number of rotatable bonds is 2. The lowest BCUT2D eigenvalue weighted by Gasteiger charge is -2.33. The van der Waals surface area contributed by atoms with E-state index in [9.17, 15) is 5.11 Å². The first-order valence-electron chi connectivity index (χ1n) is 8.80. The third-order valence-electron chi connectivity index (χ3n) is 6.13. The summed E-state index contributed by atoms with van der Waals surface area (Å²) >= 11 is 0. The zero-order chi connectivity index (χ0) is 14.2. The molecular formula is C19H27NO. The highest BCUT2D eigenvalue weighted by Gasteiger charge is 2.39. The van der Waals surface area contributed by atoms with Crippen LogP contribution in [0.4, 0.5) is 0 Å². The second-order valence-electron chi connectivity index (χ2n) is 7.47. The lowest BCUT2D eigenvalue weighted by Crippen LogP contribution is -2.46. The van der Waals surface area contributed by atoms with Crippen molar-refractivity contribution < 1.29 is 5.11 Å². The highest BCUT2D eigenvalue weighted by molar-refractivity contribution is 5.30. The molecule has 0 amide bonds. The van der Waals surface area contributed by atoms with E-state index in [1.54, 1.807) is 11.1 Å². The van der Waals surface area contributed by atoms with Crippen molar-refractivity contribution in [3.05, 3.63) is 35.4 Å². The molecule has 1 aromatic carbocycles. The normalized spacial score (nSPS) is 38.8. The molecule has 0 saturated heterocycles. The molecule has 0 spiro atoms. The number of fused-ring (bicyclic) bond motifs is 3. The van der Waals surface area contributed by atoms with E-state index in [1.807, 2.05) is 0 Å². The molecule has 114 valence electrons. The summed E-state index contributed by atoms with van der Waals surface area (Å²) in [7, 11) is 0. The Morgan fingerprint density at radius 2 is 1.38 bits per heavy atom. The van der Waals surface area contributed by atoms with Gasteiger partial charge in [-0.3, -0.25) is 0 Å². The Balaban J connectivity index is 1.48. The third kappa shape index (κ3) is 2.76. The van der Waals surface area contributed by atoms with E-state index in [4.69, 9.17) is 0 Å². The summed E-state index contributed by atoms with van der Waals surface area (Å²) in [6.07, 6.45) is 9.56. The molecule has 2 unspecified atom stereocenters. The fourth-order valence-corrected chi connectivity index (χ4v) is 4.94. The quantitative estimate of drug-likeness (QED) is 0.875. The Morgan fingerprint density at radius 3 is 1.95 bits per heavy atom. The minimum atomic E-state index is -0.0434. The molecule has 2 heteroatoms. The van der Waals surface area contributed by atoms with Crippen LogP contribution in [0.3, 0.4) is 0 Å². The van der Waals surface area contributed by atoms with E-state index in [0.29, 0.717) is 12.1 Å². The summed E-state index contributed by atoms with van der Waals surface area (Å²) in [5, 5.41) is 13.7. The topological polar surface area (TPSA) is 32.3 Å². The van der Waals surface area contributed by atoms with Gasteiger partial charge < -0.3 is 10.4 Å². The molecular weight excluding hydrogens is 258 g/mol. The van der Waals surface area contributed by atoms with Crippen LogP contribution >= 0.6 is 0 Å². The van der Waals surface area contributed by atoms with Gasteiger partial charge in [-0.2, -0.15) is 0 Å². The zero-order valence-corrected chi connectivity index (χ0v) is 12.8. The van der Waals surface area contributed by atoms with Crippen LogP contribution in [0.15, 0.2) is 24.3 Å². The van der Waals surface area contributed by atoms with E-state index < -0.39 is 0 Å². The van der Waals surface area contributed by atoms with Gasteiger partial charge in [-0.15, -0.1) is 0 Å². The standard InChI is InChI=1S/C19H27NO/c21-18-9-7-17(8-10-18)20-19-15-5-6-16(19)12-14-4-2-1-3-13(14)11-15/h1-4,15-21H,5-12H2. The average Bonchev–Trinajstić information content (AvgIpc) is 2.76. The molecule has 2 bridgehead atoms. The fourth-order valence-electron chi connectivity index (χ4n) is 4.94. The Kier molecular flexibility index (Phi) is 3.76. The number of hydrogen-bond donors (Lipinski definition) is 2. The molecule has 0 heterocycles. The molecule has 0 aliphatic heterocycles. The van der Waals surface area contributed by atoms with E-state index in [1.165, 1.54) is 25.7 Å². The minimum absolute atomic E-state index is 0.0434. The molecule has 2 N–H and O–H groups in total. The van der Waals surface area contributed by atoms with Crippen molar-refractivity contribution in [2.75, 3.05) is 0 Å². The lowest BCUT2D eigenvalue weighted by atomic mass is 9.89. The Labute approximate surface area is 128 Å². The van der Waals surface area contributed by atoms with E-state index in [-0.39, 0.29) is 6.10 Å². The maximum absolute atomic E-state index is 9.68. The summed E-state index contributed by atoms with van der Waals surface area (Å²) in [5.74, 6) is 1.65. The highest BCUT2D eigenvalue weighted by atomic mass is 16.3. The Hall–Kier alpha value is -0.860. The third-order valence-corrected chi connectivity index (χ3v) is 6.13. The lowest BCUT2D eigenvalue weighted by molar-refractivity contribution is 0.110. The molecule has 2 fully saturated rings. The molecule has 3 aliphatic carbocycles. The summed E-state index contributed by atoms with van der Waals surface area (Å²) in [4.78, 5) is 0. The smallest absolute Gasteiger partial charge is 0.0541 e. The van der Waals surface area contributed by atoms with E-state index in [0.717, 1.165) is 37.5 Å². The summed E-state index contributed by atoms with van der Waals surface area (Å²) in [6.45, 7) is 0. The van der Waals surface area contributed by atoms with Crippen LogP contribution < -0.4 is 5.32 Å². The van der Waals surface area contributed by atoms with Crippen LogP contribution in [0.1, 0.15) is 49.7 Å². The van der Waals surface area contributed by atoms with Crippen molar-refractivity contribution in [3.63, 3.8) is 0 Å². The molecule has 0 aromatic heterocycles. The number of hydrogen-bond acceptors (Lipinski definition) is 2. The van der Waals surface area contributed by atoms with Crippen LogP contribution in [0.5, 0.6) is 0 Å². The van der Waals surface area contributed by atoms with Gasteiger partial charge >= 0.3 is 0 Å². The number of aliphatic hydroxyl groups excluding tert-OH is 1. The number of nitrogens with one attached hydrogen (secondary N) is 1. The fraction of sp³-hybridized carbons (Fsp3) is 0.684. The van der Waals surface area contributed by atoms with Gasteiger partial charge in [0.15, 0.2) is 0 Å². The molecule has 0 radical (unpaired) electrons. The monoisotopic (exact) mass is 285 g/mol. The van der Waals surface area contributed by atoms with Gasteiger partial charge in [0.1, 0.15) is 0 Å². The van der Waals surface area contributed by atoms with Crippen LogP contribution in [-0.4, -0.2) is 23.3 Å². The second kappa shape index (κ2) is 5.73. The van der Waals surface area contributed by atoms with Crippen LogP contribution in [0.25, 0.3) is 0 Å². The van der Waals surface area contributed by atoms with Gasteiger partial charge in [-0.1, -0.05) is 24.3 Å². The minimum Gasteiger partial charge on any atom is -0.393 e. The number of benzene rings is 1. The first-order valence-corrected chi connectivity index (χ1v) is 8.80.